The van der Waals surface area contributed by atoms with E-state index in [2.05, 4.69) is 0 Å². The maximum absolute atomic E-state index is 17.1. The molecule has 11 heteroatoms. The van der Waals surface area contributed by atoms with Crippen LogP contribution in [0.1, 0.15) is 52.9 Å². The van der Waals surface area contributed by atoms with Crippen LogP contribution in [0.15, 0.2) is 23.8 Å². The van der Waals surface area contributed by atoms with Crippen molar-refractivity contribution in [1.29, 1.82) is 0 Å². The van der Waals surface area contributed by atoms with Crippen LogP contribution < -0.4 is 0 Å². The molecule has 9 atom stereocenters. The van der Waals surface area contributed by atoms with Gasteiger partial charge in [0.1, 0.15) is 11.8 Å². The van der Waals surface area contributed by atoms with Gasteiger partial charge < -0.3 is 20.0 Å². The van der Waals surface area contributed by atoms with Gasteiger partial charge in [-0.3, -0.25) is 14.2 Å². The summed E-state index contributed by atoms with van der Waals surface area (Å²) in [4.78, 5) is 43.3. The zero-order valence-electron chi connectivity index (χ0n) is 20.7. The van der Waals surface area contributed by atoms with Crippen LogP contribution in [0, 0.1) is 28.6 Å². The second-order valence-electron chi connectivity index (χ2n) is 11.5. The lowest BCUT2D eigenvalue weighted by molar-refractivity contribution is -0.221. The van der Waals surface area contributed by atoms with Crippen LogP contribution in [0.5, 0.6) is 0 Å². The van der Waals surface area contributed by atoms with Gasteiger partial charge in [0.2, 0.25) is 5.12 Å². The van der Waals surface area contributed by atoms with Gasteiger partial charge >= 0.3 is 7.60 Å². The normalized spacial score (nSPS) is 46.1. The fourth-order valence-corrected chi connectivity index (χ4v) is 9.49. The first kappa shape index (κ1) is 28.1. The van der Waals surface area contributed by atoms with Crippen molar-refractivity contribution in [1.82, 2.24) is 0 Å². The Bertz CT molecular complexity index is 1060. The van der Waals surface area contributed by atoms with Crippen molar-refractivity contribution in [3.05, 3.63) is 23.8 Å². The average molecular weight is 549 g/mol. The van der Waals surface area contributed by atoms with E-state index in [1.54, 1.807) is 13.8 Å². The van der Waals surface area contributed by atoms with Crippen LogP contribution in [0.3, 0.4) is 0 Å². The maximum Gasteiger partial charge on any atom is 0.325 e. The molecule has 0 spiro atoms. The van der Waals surface area contributed by atoms with Crippen molar-refractivity contribution >= 4 is 30.3 Å². The van der Waals surface area contributed by atoms with E-state index in [-0.39, 0.29) is 43.2 Å². The van der Waals surface area contributed by atoms with Crippen molar-refractivity contribution in [3.63, 3.8) is 0 Å². The lowest BCUT2D eigenvalue weighted by Crippen LogP contribution is -2.70. The zero-order chi connectivity index (χ0) is 26.9. The summed E-state index contributed by atoms with van der Waals surface area (Å²) in [5, 5.41) is 22.7. The summed E-state index contributed by atoms with van der Waals surface area (Å²) in [6.07, 6.45) is 0.664. The molecule has 0 aliphatic heterocycles. The third-order valence-corrected chi connectivity index (χ3v) is 11.6. The van der Waals surface area contributed by atoms with Crippen LogP contribution in [-0.4, -0.2) is 66.4 Å². The third-order valence-electron chi connectivity index (χ3n) is 9.60. The molecular weight excluding hydrogens is 513 g/mol. The van der Waals surface area contributed by atoms with E-state index in [1.165, 1.54) is 19.1 Å². The van der Waals surface area contributed by atoms with E-state index < -0.39 is 70.6 Å². The highest BCUT2D eigenvalue weighted by molar-refractivity contribution is 8.13. The molecule has 4 aliphatic rings. The molecule has 36 heavy (non-hydrogen) atoms. The second-order valence-corrected chi connectivity index (χ2v) is 14.3. The Balaban J connectivity index is 1.61. The first-order valence-electron chi connectivity index (χ1n) is 12.4. The Hall–Kier alpha value is -0.900. The highest BCUT2D eigenvalue weighted by atomic mass is 32.2. The number of aliphatic hydroxyl groups excluding tert-OH is 1. The van der Waals surface area contributed by atoms with Crippen molar-refractivity contribution in [2.24, 2.45) is 28.6 Å². The van der Waals surface area contributed by atoms with E-state index in [0.29, 0.717) is 6.42 Å². The number of carbonyl (C=O) groups excluding carboxylic acids is 2. The van der Waals surface area contributed by atoms with Gasteiger partial charge in [0, 0.05) is 28.7 Å². The summed E-state index contributed by atoms with van der Waals surface area (Å²) in [6.45, 7) is 4.90. The monoisotopic (exact) mass is 548 g/mol. The summed E-state index contributed by atoms with van der Waals surface area (Å²) in [5.74, 6) is -2.28. The van der Waals surface area contributed by atoms with Gasteiger partial charge in [0.15, 0.2) is 11.5 Å². The summed E-state index contributed by atoms with van der Waals surface area (Å²) < 4.78 is 43.6. The minimum Gasteiger partial charge on any atom is -0.390 e. The average Bonchev–Trinajstić information content (AvgIpc) is 2.97. The lowest BCUT2D eigenvalue weighted by atomic mass is 9.44. The topological polar surface area (TPSA) is 132 Å². The largest absolute Gasteiger partial charge is 0.390 e. The molecule has 0 heterocycles. The van der Waals surface area contributed by atoms with Gasteiger partial charge in [-0.25, -0.2) is 8.78 Å². The first-order valence-corrected chi connectivity index (χ1v) is 15.2. The third kappa shape index (κ3) is 3.93. The maximum atomic E-state index is 17.1. The van der Waals surface area contributed by atoms with Gasteiger partial charge in [-0.05, 0) is 68.6 Å². The Kier molecular flexibility index (Phi) is 7.10. The van der Waals surface area contributed by atoms with Gasteiger partial charge in [-0.15, -0.1) is 0 Å². The molecule has 0 radical (unpaired) electrons. The summed E-state index contributed by atoms with van der Waals surface area (Å²) in [6, 6.07) is 0. The Morgan fingerprint density at radius 1 is 1.22 bits per heavy atom. The van der Waals surface area contributed by atoms with Gasteiger partial charge in [-0.1, -0.05) is 31.7 Å². The lowest BCUT2D eigenvalue weighted by Gasteiger charge is -2.63. The quantitative estimate of drug-likeness (QED) is 0.293. The fraction of sp³-hybridized carbons (Fsp3) is 0.760. The molecule has 0 bridgehead atoms. The summed E-state index contributed by atoms with van der Waals surface area (Å²) >= 11 is 0.880. The number of allylic oxidation sites excluding steroid dienone is 4. The number of hydrogen-bond acceptors (Lipinski definition) is 6. The number of thioether (sulfide) groups is 1. The zero-order valence-corrected chi connectivity index (χ0v) is 22.4. The standard InChI is InChI=1S/C25H35F2O7PS/c1-14-10-16-17-12-19(26)18-11-15(28)6-7-22(18,2)24(17,27)20(29)13-23(16,3)25(14,31)21(30)36-9-5-4-8-35(32,33)34/h6-7,11,14,16-17,19-20,29,31H,4-5,8-10,12-13H2,1-3H3,(H2,32,33,34)/t14-,16+,17+,19+,20+,22+,23+,24+,25+/m1/s1. The molecule has 0 saturated heterocycles. The van der Waals surface area contributed by atoms with Crippen LogP contribution in [0.4, 0.5) is 8.78 Å². The molecule has 4 N–H and O–H groups in total. The minimum absolute atomic E-state index is 0.0275. The number of halogens is 2. The summed E-state index contributed by atoms with van der Waals surface area (Å²) in [7, 11) is -4.12. The molecule has 3 fully saturated rings. The number of ketones is 1. The minimum atomic E-state index is -4.12. The van der Waals surface area contributed by atoms with Crippen molar-refractivity contribution in [2.75, 3.05) is 11.9 Å². The molecular formula is C25H35F2O7PS. The molecule has 0 aromatic heterocycles. The molecule has 4 aliphatic carbocycles. The van der Waals surface area contributed by atoms with Crippen molar-refractivity contribution in [3.8, 4) is 0 Å². The Labute approximate surface area is 214 Å². The van der Waals surface area contributed by atoms with Gasteiger partial charge in [-0.2, -0.15) is 0 Å². The number of carbonyl (C=O) groups is 2. The molecule has 0 aromatic rings. The number of alkyl halides is 2. The van der Waals surface area contributed by atoms with Crippen LogP contribution in [0.2, 0.25) is 0 Å². The number of aliphatic hydroxyl groups is 2. The fourth-order valence-electron chi connectivity index (χ4n) is 7.67. The molecule has 0 unspecified atom stereocenters. The summed E-state index contributed by atoms with van der Waals surface area (Å²) in [5.41, 5.74) is -6.85. The number of unbranched alkanes of at least 4 members (excludes halogenated alkanes) is 1. The molecule has 4 rings (SSSR count). The number of fused-ring (bicyclic) bond motifs is 5. The van der Waals surface area contributed by atoms with Crippen LogP contribution in [0.25, 0.3) is 0 Å². The smallest absolute Gasteiger partial charge is 0.325 e. The number of hydrogen-bond donors (Lipinski definition) is 4. The van der Waals surface area contributed by atoms with Crippen LogP contribution in [-0.2, 0) is 14.2 Å². The van der Waals surface area contributed by atoms with E-state index in [9.17, 15) is 24.4 Å². The van der Waals surface area contributed by atoms with Gasteiger partial charge in [0.05, 0.1) is 6.10 Å². The van der Waals surface area contributed by atoms with E-state index in [4.69, 9.17) is 9.79 Å². The number of rotatable bonds is 6. The van der Waals surface area contributed by atoms with E-state index in [0.717, 1.165) is 17.8 Å². The molecule has 0 amide bonds. The predicted octanol–water partition coefficient (Wildman–Crippen LogP) is 3.50. The molecule has 0 aromatic carbocycles. The Morgan fingerprint density at radius 2 is 1.89 bits per heavy atom. The van der Waals surface area contributed by atoms with Crippen molar-refractivity contribution < 1.29 is 42.9 Å². The predicted molar refractivity (Wildman–Crippen MR) is 132 cm³/mol. The molecule has 7 nitrogen and oxygen atoms in total. The van der Waals surface area contributed by atoms with Crippen molar-refractivity contribution in [2.45, 2.75) is 76.4 Å². The highest BCUT2D eigenvalue weighted by Crippen LogP contribution is 2.71. The van der Waals surface area contributed by atoms with Crippen LogP contribution >= 0.6 is 19.4 Å². The molecule has 202 valence electrons. The molecule has 3 saturated carbocycles. The van der Waals surface area contributed by atoms with Gasteiger partial charge in [0.25, 0.3) is 0 Å². The Morgan fingerprint density at radius 3 is 2.53 bits per heavy atom. The highest BCUT2D eigenvalue weighted by Gasteiger charge is 2.76. The second kappa shape index (κ2) is 9.09. The van der Waals surface area contributed by atoms with E-state index in [1.807, 2.05) is 0 Å². The first-order chi connectivity index (χ1) is 16.5. The van der Waals surface area contributed by atoms with E-state index >= 15 is 8.78 Å². The SMILES string of the molecule is C[C@@H]1C[C@H]2[C@@H]3C[C@H](F)C4=CC(=O)C=C[C@]4(C)[C@@]3(F)[C@@H](O)C[C@]2(C)[C@@]1(O)C(=O)SCCCCP(=O)(O)O.